The molecule has 216 valence electrons. The number of rotatable bonds is 5. The molecule has 3 aliphatic rings. The summed E-state index contributed by atoms with van der Waals surface area (Å²) in [6, 6.07) is 17.2. The molecule has 6 rings (SSSR count). The molecule has 0 unspecified atom stereocenters. The van der Waals surface area contributed by atoms with Gasteiger partial charge in [-0.3, -0.25) is 4.79 Å². The SMILES string of the molecule is O=C([C@@H]1CCNC[C@H]1c1ccccc1)N1CCC(O)(CN2C=c3ccn(-c4cccc(C(F)(F)F)c4)c3=NC2)CC1. The average molecular weight is 566 g/mol. The van der Waals surface area contributed by atoms with E-state index in [4.69, 9.17) is 0 Å². The van der Waals surface area contributed by atoms with Crippen molar-refractivity contribution in [3.05, 3.63) is 88.7 Å². The Balaban J connectivity index is 1.10. The lowest BCUT2D eigenvalue weighted by Crippen LogP contribution is -2.54. The summed E-state index contributed by atoms with van der Waals surface area (Å²) in [4.78, 5) is 22.1. The molecule has 2 fully saturated rings. The van der Waals surface area contributed by atoms with Crippen LogP contribution in [0.25, 0.3) is 11.9 Å². The third-order valence-corrected chi connectivity index (χ3v) is 8.60. The zero-order valence-electron chi connectivity index (χ0n) is 22.7. The van der Waals surface area contributed by atoms with Crippen LogP contribution in [-0.4, -0.2) is 70.4 Å². The summed E-state index contributed by atoms with van der Waals surface area (Å²) >= 11 is 0. The number of halogens is 3. The van der Waals surface area contributed by atoms with Gasteiger partial charge in [-0.2, -0.15) is 13.2 Å². The minimum absolute atomic E-state index is 0.0710. The number of hydrogen-bond donors (Lipinski definition) is 2. The van der Waals surface area contributed by atoms with Gasteiger partial charge in [-0.1, -0.05) is 36.4 Å². The maximum atomic E-state index is 13.6. The molecule has 3 aromatic rings. The monoisotopic (exact) mass is 565 g/mol. The van der Waals surface area contributed by atoms with Crippen LogP contribution in [0.4, 0.5) is 13.2 Å². The Kier molecular flexibility index (Phi) is 7.37. The van der Waals surface area contributed by atoms with E-state index in [1.807, 2.05) is 40.3 Å². The molecule has 2 aromatic carbocycles. The van der Waals surface area contributed by atoms with E-state index >= 15 is 0 Å². The first-order valence-electron chi connectivity index (χ1n) is 14.1. The third-order valence-electron chi connectivity index (χ3n) is 8.60. The fraction of sp³-hybridized carbons (Fsp3) is 0.419. The summed E-state index contributed by atoms with van der Waals surface area (Å²) in [6.07, 6.45) is 0.944. The summed E-state index contributed by atoms with van der Waals surface area (Å²) in [6.45, 7) is 3.26. The Bertz CT molecular complexity index is 1510. The Labute approximate surface area is 236 Å². The third kappa shape index (κ3) is 5.76. The standard InChI is InChI=1S/C31H34F3N5O2/c32-31(33,34)24-7-4-8-25(17-24)39-14-10-23-19-37(21-36-28(23)39)20-30(41)11-15-38(16-12-30)29(40)26-9-13-35-18-27(26)22-5-2-1-3-6-22/h1-8,10,14,17,19,26-27,35,41H,9,11-13,15-16,18,20-21H2/t26-,27+/m1/s1. The van der Waals surface area contributed by atoms with Crippen LogP contribution in [0.3, 0.4) is 0 Å². The molecule has 1 aromatic heterocycles. The number of piperidine rings is 2. The number of amides is 1. The zero-order valence-corrected chi connectivity index (χ0v) is 22.7. The largest absolute Gasteiger partial charge is 0.416 e. The second kappa shape index (κ2) is 11.0. The lowest BCUT2D eigenvalue weighted by molar-refractivity contribution is -0.141. The van der Waals surface area contributed by atoms with Crippen molar-refractivity contribution in [3.8, 4) is 5.69 Å². The van der Waals surface area contributed by atoms with Crippen LogP contribution >= 0.6 is 0 Å². The highest BCUT2D eigenvalue weighted by atomic mass is 19.4. The van der Waals surface area contributed by atoms with Crippen molar-refractivity contribution < 1.29 is 23.1 Å². The number of nitrogens with zero attached hydrogens (tertiary/aromatic N) is 4. The highest BCUT2D eigenvalue weighted by Crippen LogP contribution is 2.33. The van der Waals surface area contributed by atoms with Gasteiger partial charge in [0.15, 0.2) is 0 Å². The number of hydrogen-bond acceptors (Lipinski definition) is 5. The smallest absolute Gasteiger partial charge is 0.388 e. The predicted octanol–water partition coefficient (Wildman–Crippen LogP) is 2.87. The molecule has 2 saturated heterocycles. The molecule has 0 spiro atoms. The summed E-state index contributed by atoms with van der Waals surface area (Å²) in [7, 11) is 0. The Hall–Kier alpha value is -3.63. The van der Waals surface area contributed by atoms with Crippen LogP contribution in [0.15, 0.2) is 71.9 Å². The minimum Gasteiger partial charge on any atom is -0.388 e. The Morgan fingerprint density at radius 2 is 1.85 bits per heavy atom. The van der Waals surface area contributed by atoms with Crippen molar-refractivity contribution in [2.75, 3.05) is 39.4 Å². The topological polar surface area (TPSA) is 73.1 Å². The number of aliphatic hydroxyl groups is 1. The van der Waals surface area contributed by atoms with Gasteiger partial charge in [-0.25, -0.2) is 4.99 Å². The summed E-state index contributed by atoms with van der Waals surface area (Å²) < 4.78 is 41.3. The van der Waals surface area contributed by atoms with Crippen LogP contribution in [-0.2, 0) is 11.0 Å². The molecule has 10 heteroatoms. The van der Waals surface area contributed by atoms with Crippen molar-refractivity contribution in [2.45, 2.75) is 37.0 Å². The number of carbonyl (C=O) groups is 1. The van der Waals surface area contributed by atoms with Crippen molar-refractivity contribution in [1.82, 2.24) is 19.7 Å². The first-order valence-corrected chi connectivity index (χ1v) is 14.1. The second-order valence-electron chi connectivity index (χ2n) is 11.4. The van der Waals surface area contributed by atoms with Gasteiger partial charge < -0.3 is 24.8 Å². The van der Waals surface area contributed by atoms with Crippen LogP contribution in [0.5, 0.6) is 0 Å². The molecular weight excluding hydrogens is 531 g/mol. The summed E-state index contributed by atoms with van der Waals surface area (Å²) in [5.41, 5.74) is 0.490. The minimum atomic E-state index is -4.42. The van der Waals surface area contributed by atoms with Gasteiger partial charge in [0, 0.05) is 61.3 Å². The van der Waals surface area contributed by atoms with Gasteiger partial charge in [0.1, 0.15) is 12.2 Å². The first-order chi connectivity index (χ1) is 19.7. The number of nitrogens with one attached hydrogen (secondary N) is 1. The molecule has 3 aliphatic heterocycles. The van der Waals surface area contributed by atoms with E-state index in [9.17, 15) is 23.1 Å². The van der Waals surface area contributed by atoms with Crippen molar-refractivity contribution in [1.29, 1.82) is 0 Å². The second-order valence-corrected chi connectivity index (χ2v) is 11.4. The Morgan fingerprint density at radius 1 is 1.07 bits per heavy atom. The van der Waals surface area contributed by atoms with E-state index in [-0.39, 0.29) is 24.4 Å². The molecule has 2 atom stereocenters. The number of likely N-dealkylation sites (tertiary alicyclic amines) is 1. The molecule has 4 heterocycles. The van der Waals surface area contributed by atoms with Crippen LogP contribution in [0, 0.1) is 5.92 Å². The lowest BCUT2D eigenvalue weighted by Gasteiger charge is -2.43. The first kappa shape index (κ1) is 27.5. The van der Waals surface area contributed by atoms with Gasteiger partial charge in [0.2, 0.25) is 5.91 Å². The molecule has 41 heavy (non-hydrogen) atoms. The predicted molar refractivity (Wildman–Crippen MR) is 149 cm³/mol. The van der Waals surface area contributed by atoms with Gasteiger partial charge in [0.25, 0.3) is 0 Å². The van der Waals surface area contributed by atoms with Crippen LogP contribution < -0.4 is 16.0 Å². The summed E-state index contributed by atoms with van der Waals surface area (Å²) in [5.74, 6) is 0.237. The van der Waals surface area contributed by atoms with Gasteiger partial charge in [-0.05, 0) is 55.6 Å². The fourth-order valence-corrected chi connectivity index (χ4v) is 6.36. The number of benzene rings is 2. The normalized spacial score (nSPS) is 22.4. The molecular formula is C31H34F3N5O2. The van der Waals surface area contributed by atoms with Crippen LogP contribution in [0.2, 0.25) is 0 Å². The van der Waals surface area contributed by atoms with Crippen molar-refractivity contribution >= 4 is 12.1 Å². The van der Waals surface area contributed by atoms with Crippen molar-refractivity contribution in [3.63, 3.8) is 0 Å². The number of fused-ring (bicyclic) bond motifs is 1. The van der Waals surface area contributed by atoms with Crippen LogP contribution in [0.1, 0.15) is 36.3 Å². The van der Waals surface area contributed by atoms with Gasteiger partial charge >= 0.3 is 6.18 Å². The molecule has 0 radical (unpaired) electrons. The molecule has 0 bridgehead atoms. The van der Waals surface area contributed by atoms with Gasteiger partial charge in [0.05, 0.1) is 11.2 Å². The molecule has 0 aliphatic carbocycles. The van der Waals surface area contributed by atoms with E-state index in [0.717, 1.165) is 36.9 Å². The fourth-order valence-electron chi connectivity index (χ4n) is 6.36. The number of β-amino-alcohol motifs (C(OH)–C–C–N with tert-alkyl or cyclic N) is 1. The van der Waals surface area contributed by atoms with E-state index in [0.29, 0.717) is 43.7 Å². The highest BCUT2D eigenvalue weighted by molar-refractivity contribution is 5.80. The average Bonchev–Trinajstić information content (AvgIpc) is 3.40. The molecule has 2 N–H and O–H groups in total. The van der Waals surface area contributed by atoms with Crippen molar-refractivity contribution in [2.24, 2.45) is 10.9 Å². The lowest BCUT2D eigenvalue weighted by atomic mass is 9.80. The Morgan fingerprint density at radius 3 is 2.61 bits per heavy atom. The van der Waals surface area contributed by atoms with E-state index in [1.165, 1.54) is 11.6 Å². The van der Waals surface area contributed by atoms with Gasteiger partial charge in [-0.15, -0.1) is 0 Å². The molecule has 7 nitrogen and oxygen atoms in total. The maximum Gasteiger partial charge on any atom is 0.416 e. The number of alkyl halides is 3. The van der Waals surface area contributed by atoms with E-state index < -0.39 is 17.3 Å². The number of aromatic nitrogens is 1. The highest BCUT2D eigenvalue weighted by Gasteiger charge is 2.40. The molecule has 1 amide bonds. The zero-order chi connectivity index (χ0) is 28.6. The van der Waals surface area contributed by atoms with E-state index in [1.54, 1.807) is 16.8 Å². The number of carbonyl (C=O) groups excluding carboxylic acids is 1. The maximum absolute atomic E-state index is 13.6. The molecule has 0 saturated carbocycles. The quantitative estimate of drug-likeness (QED) is 0.499. The van der Waals surface area contributed by atoms with E-state index in [2.05, 4.69) is 22.4 Å². The summed E-state index contributed by atoms with van der Waals surface area (Å²) in [5, 5.41) is 15.6.